The summed E-state index contributed by atoms with van der Waals surface area (Å²) >= 11 is 0. The number of hydrogen-bond acceptors (Lipinski definition) is 4. The van der Waals surface area contributed by atoms with Gasteiger partial charge in [0.15, 0.2) is 0 Å². The molecule has 0 saturated carbocycles. The molecule has 5 nitrogen and oxygen atoms in total. The van der Waals surface area contributed by atoms with Crippen molar-refractivity contribution in [1.82, 2.24) is 9.84 Å². The Bertz CT molecular complexity index is 620. The predicted molar refractivity (Wildman–Crippen MR) is 83.6 cm³/mol. The minimum Gasteiger partial charge on any atom is -0.384 e. The molecule has 2 unspecified atom stereocenters. The molecule has 0 spiro atoms. The summed E-state index contributed by atoms with van der Waals surface area (Å²) in [6.07, 6.45) is 4.10. The van der Waals surface area contributed by atoms with Crippen LogP contribution in [0.4, 0.5) is 5.69 Å². The Hall–Kier alpha value is -1.11. The molecule has 2 aliphatic rings. The van der Waals surface area contributed by atoms with Crippen LogP contribution in [0, 0.1) is 0 Å². The van der Waals surface area contributed by atoms with E-state index in [0.29, 0.717) is 4.90 Å². The van der Waals surface area contributed by atoms with Gasteiger partial charge in [-0.1, -0.05) is 6.42 Å². The van der Waals surface area contributed by atoms with E-state index in [1.54, 1.807) is 12.1 Å². The highest BCUT2D eigenvalue weighted by Gasteiger charge is 2.29. The summed E-state index contributed by atoms with van der Waals surface area (Å²) in [6.45, 7) is 5.03. The summed E-state index contributed by atoms with van der Waals surface area (Å²) in [6, 6.07) is 5.80. The van der Waals surface area contributed by atoms with Gasteiger partial charge in [-0.2, -0.15) is 0 Å². The lowest BCUT2D eigenvalue weighted by molar-refractivity contribution is 0.0790. The highest BCUT2D eigenvalue weighted by atomic mass is 32.2. The first kappa shape index (κ1) is 14.8. The Kier molecular flexibility index (Phi) is 3.94. The SMILES string of the molecule is CC1CCCC(C)N1NS(=O)(=O)c1ccc2c(c1)CCN2. The number of hydrogen-bond donors (Lipinski definition) is 2. The van der Waals surface area contributed by atoms with E-state index in [1.165, 1.54) is 0 Å². The van der Waals surface area contributed by atoms with Gasteiger partial charge in [-0.15, -0.1) is 4.83 Å². The third-order valence-corrected chi connectivity index (χ3v) is 5.84. The number of fused-ring (bicyclic) bond motifs is 1. The largest absolute Gasteiger partial charge is 0.384 e. The number of sulfonamides is 1. The van der Waals surface area contributed by atoms with Crippen LogP contribution in [0.15, 0.2) is 23.1 Å². The van der Waals surface area contributed by atoms with Crippen molar-refractivity contribution < 1.29 is 8.42 Å². The van der Waals surface area contributed by atoms with Crippen molar-refractivity contribution in [3.05, 3.63) is 23.8 Å². The van der Waals surface area contributed by atoms with Gasteiger partial charge in [0.1, 0.15) is 0 Å². The molecule has 0 bridgehead atoms. The van der Waals surface area contributed by atoms with Crippen molar-refractivity contribution in [2.45, 2.75) is 56.5 Å². The molecule has 1 aromatic rings. The van der Waals surface area contributed by atoms with Gasteiger partial charge in [-0.25, -0.2) is 13.4 Å². The summed E-state index contributed by atoms with van der Waals surface area (Å²) in [5.74, 6) is 0. The third kappa shape index (κ3) is 2.93. The molecular weight excluding hydrogens is 286 g/mol. The van der Waals surface area contributed by atoms with Gasteiger partial charge in [0, 0.05) is 24.3 Å². The van der Waals surface area contributed by atoms with Crippen LogP contribution in [0.3, 0.4) is 0 Å². The highest BCUT2D eigenvalue weighted by molar-refractivity contribution is 7.89. The topological polar surface area (TPSA) is 61.4 Å². The monoisotopic (exact) mass is 309 g/mol. The zero-order chi connectivity index (χ0) is 15.0. The molecule has 0 aliphatic carbocycles. The summed E-state index contributed by atoms with van der Waals surface area (Å²) in [4.78, 5) is 3.14. The lowest BCUT2D eigenvalue weighted by Gasteiger charge is -2.38. The van der Waals surface area contributed by atoms with E-state index >= 15 is 0 Å². The third-order valence-electron chi connectivity index (χ3n) is 4.52. The van der Waals surface area contributed by atoms with E-state index in [0.717, 1.165) is 43.5 Å². The molecule has 0 amide bonds. The second kappa shape index (κ2) is 5.59. The summed E-state index contributed by atoms with van der Waals surface area (Å²) in [5, 5.41) is 5.14. The maximum absolute atomic E-state index is 12.6. The van der Waals surface area contributed by atoms with E-state index in [2.05, 4.69) is 24.0 Å². The Morgan fingerprint density at radius 1 is 1.24 bits per heavy atom. The molecule has 3 rings (SSSR count). The molecule has 1 saturated heterocycles. The van der Waals surface area contributed by atoms with E-state index in [4.69, 9.17) is 0 Å². The normalized spacial score (nSPS) is 26.4. The summed E-state index contributed by atoms with van der Waals surface area (Å²) < 4.78 is 25.2. The van der Waals surface area contributed by atoms with Gasteiger partial charge in [-0.3, -0.25) is 0 Å². The number of hydrazine groups is 1. The number of anilines is 1. The average molecular weight is 309 g/mol. The van der Waals surface area contributed by atoms with Crippen LogP contribution in [0.5, 0.6) is 0 Å². The molecule has 1 fully saturated rings. The smallest absolute Gasteiger partial charge is 0.253 e. The van der Waals surface area contributed by atoms with Crippen molar-refractivity contribution in [3.8, 4) is 0 Å². The standard InChI is InChI=1S/C15H23N3O2S/c1-11-4-3-5-12(2)18(11)17-21(19,20)14-6-7-15-13(10-14)8-9-16-15/h6-7,10-12,16-17H,3-5,8-9H2,1-2H3. The Balaban J connectivity index is 1.83. The Labute approximate surface area is 126 Å². The average Bonchev–Trinajstić information content (AvgIpc) is 2.90. The van der Waals surface area contributed by atoms with Gasteiger partial charge in [0.2, 0.25) is 0 Å². The van der Waals surface area contributed by atoms with Crippen LogP contribution in [-0.4, -0.2) is 32.1 Å². The number of benzene rings is 1. The molecule has 0 aromatic heterocycles. The molecule has 2 heterocycles. The predicted octanol–water partition coefficient (Wildman–Crippen LogP) is 2.11. The second-order valence-electron chi connectivity index (χ2n) is 6.13. The van der Waals surface area contributed by atoms with Crippen LogP contribution < -0.4 is 10.1 Å². The van der Waals surface area contributed by atoms with Gasteiger partial charge < -0.3 is 5.32 Å². The van der Waals surface area contributed by atoms with E-state index < -0.39 is 10.0 Å². The quantitative estimate of drug-likeness (QED) is 0.898. The zero-order valence-corrected chi connectivity index (χ0v) is 13.4. The maximum Gasteiger partial charge on any atom is 0.253 e. The first-order valence-electron chi connectivity index (χ1n) is 7.65. The van der Waals surface area contributed by atoms with Crippen molar-refractivity contribution in [1.29, 1.82) is 0 Å². The molecule has 6 heteroatoms. The number of rotatable bonds is 3. The molecule has 21 heavy (non-hydrogen) atoms. The number of nitrogens with one attached hydrogen (secondary N) is 2. The number of nitrogens with zero attached hydrogens (tertiary/aromatic N) is 1. The molecular formula is C15H23N3O2S. The summed E-state index contributed by atoms with van der Waals surface area (Å²) in [5.41, 5.74) is 2.13. The highest BCUT2D eigenvalue weighted by Crippen LogP contribution is 2.26. The molecule has 1 aromatic carbocycles. The van der Waals surface area contributed by atoms with E-state index in [-0.39, 0.29) is 12.1 Å². The first-order valence-corrected chi connectivity index (χ1v) is 9.13. The molecule has 2 N–H and O–H groups in total. The van der Waals surface area contributed by atoms with Gasteiger partial charge >= 0.3 is 0 Å². The van der Waals surface area contributed by atoms with Crippen LogP contribution in [0.1, 0.15) is 38.7 Å². The minimum absolute atomic E-state index is 0.236. The molecule has 2 aliphatic heterocycles. The lowest BCUT2D eigenvalue weighted by atomic mass is 10.0. The minimum atomic E-state index is -3.50. The van der Waals surface area contributed by atoms with Crippen molar-refractivity contribution in [2.75, 3.05) is 11.9 Å². The fourth-order valence-corrected chi connectivity index (χ4v) is 4.53. The second-order valence-corrected chi connectivity index (χ2v) is 7.79. The van der Waals surface area contributed by atoms with Gasteiger partial charge in [0.05, 0.1) is 4.90 Å². The first-order chi connectivity index (χ1) is 9.97. The van der Waals surface area contributed by atoms with Crippen molar-refractivity contribution in [2.24, 2.45) is 0 Å². The molecule has 0 radical (unpaired) electrons. The van der Waals surface area contributed by atoms with Crippen LogP contribution in [0.25, 0.3) is 0 Å². The van der Waals surface area contributed by atoms with E-state index in [1.807, 2.05) is 11.1 Å². The lowest BCUT2D eigenvalue weighted by Crippen LogP contribution is -2.53. The fourth-order valence-electron chi connectivity index (χ4n) is 3.24. The maximum atomic E-state index is 12.6. The van der Waals surface area contributed by atoms with Crippen LogP contribution in [0.2, 0.25) is 0 Å². The van der Waals surface area contributed by atoms with Crippen LogP contribution >= 0.6 is 0 Å². The molecule has 2 atom stereocenters. The van der Waals surface area contributed by atoms with Crippen molar-refractivity contribution >= 4 is 15.7 Å². The number of piperidine rings is 1. The Morgan fingerprint density at radius 2 is 1.95 bits per heavy atom. The van der Waals surface area contributed by atoms with E-state index in [9.17, 15) is 8.42 Å². The fraction of sp³-hybridized carbons (Fsp3) is 0.600. The van der Waals surface area contributed by atoms with Gasteiger partial charge in [0.25, 0.3) is 10.0 Å². The zero-order valence-electron chi connectivity index (χ0n) is 12.6. The Morgan fingerprint density at radius 3 is 2.67 bits per heavy atom. The van der Waals surface area contributed by atoms with Crippen molar-refractivity contribution in [3.63, 3.8) is 0 Å². The van der Waals surface area contributed by atoms with Gasteiger partial charge in [-0.05, 0) is 56.9 Å². The van der Waals surface area contributed by atoms with Crippen LogP contribution in [-0.2, 0) is 16.4 Å². The summed E-state index contributed by atoms with van der Waals surface area (Å²) in [7, 11) is -3.50. The molecule has 116 valence electrons.